The number of aliphatic carboxylic acids is 1. The number of H-pyrrole nitrogens is 2. The highest BCUT2D eigenvalue weighted by atomic mass is 79.9. The van der Waals surface area contributed by atoms with Gasteiger partial charge in [0.05, 0.1) is 15.6 Å². The maximum absolute atomic E-state index is 13.1. The van der Waals surface area contributed by atoms with Crippen LogP contribution in [0.3, 0.4) is 0 Å². The molecule has 196 valence electrons. The van der Waals surface area contributed by atoms with Gasteiger partial charge < -0.3 is 19.7 Å². The number of fused-ring (bicyclic) bond motifs is 1. The fourth-order valence-corrected chi connectivity index (χ4v) is 5.98. The Morgan fingerprint density at radius 1 is 1.13 bits per heavy atom. The van der Waals surface area contributed by atoms with Gasteiger partial charge in [-0.25, -0.2) is 9.89 Å². The van der Waals surface area contributed by atoms with E-state index in [-0.39, 0.29) is 19.2 Å². The van der Waals surface area contributed by atoms with E-state index >= 15 is 0 Å². The van der Waals surface area contributed by atoms with Crippen LogP contribution in [0, 0.1) is 5.41 Å². The van der Waals surface area contributed by atoms with E-state index in [1.165, 1.54) is 0 Å². The zero-order valence-corrected chi connectivity index (χ0v) is 22.2. The zero-order valence-electron chi connectivity index (χ0n) is 20.6. The van der Waals surface area contributed by atoms with Crippen LogP contribution in [0.25, 0.3) is 33.5 Å². The average molecular weight is 579 g/mol. The molecule has 0 unspecified atom stereocenters. The summed E-state index contributed by atoms with van der Waals surface area (Å²) in [5.41, 5.74) is 3.55. The lowest BCUT2D eigenvalue weighted by Crippen LogP contribution is -2.44. The van der Waals surface area contributed by atoms with Crippen molar-refractivity contribution in [2.24, 2.45) is 5.41 Å². The predicted octanol–water partition coefficient (Wildman–Crippen LogP) is 5.52. The van der Waals surface area contributed by atoms with Crippen LogP contribution in [-0.2, 0) is 16.1 Å². The molecule has 0 radical (unpaired) electrons. The maximum Gasteiger partial charge on any atom is 0.410 e. The van der Waals surface area contributed by atoms with Gasteiger partial charge in [0.15, 0.2) is 5.82 Å². The third-order valence-electron chi connectivity index (χ3n) is 7.53. The molecule has 2 fully saturated rings. The minimum atomic E-state index is -0.923. The highest BCUT2D eigenvalue weighted by Crippen LogP contribution is 2.41. The van der Waals surface area contributed by atoms with E-state index in [9.17, 15) is 14.7 Å². The van der Waals surface area contributed by atoms with Crippen molar-refractivity contribution in [1.29, 1.82) is 0 Å². The number of ether oxygens (including phenoxy) is 1. The van der Waals surface area contributed by atoms with Gasteiger partial charge in [-0.05, 0) is 69.7 Å². The lowest BCUT2D eigenvalue weighted by molar-refractivity contribution is -0.149. The van der Waals surface area contributed by atoms with Crippen molar-refractivity contribution < 1.29 is 19.4 Å². The Labute approximate surface area is 226 Å². The van der Waals surface area contributed by atoms with Crippen LogP contribution in [0.4, 0.5) is 4.79 Å². The number of carbonyl (C=O) groups is 2. The summed E-state index contributed by atoms with van der Waals surface area (Å²) < 4.78 is 6.49. The summed E-state index contributed by atoms with van der Waals surface area (Å²) >= 11 is 3.78. The first-order valence-corrected chi connectivity index (χ1v) is 13.6. The van der Waals surface area contributed by atoms with Crippen molar-refractivity contribution in [3.8, 4) is 22.6 Å². The molecule has 2 aliphatic rings. The van der Waals surface area contributed by atoms with Gasteiger partial charge in [-0.1, -0.05) is 43.2 Å². The number of hydrogen-bond donors (Lipinski definition) is 3. The molecule has 6 rings (SSSR count). The number of aromatic nitrogens is 5. The van der Waals surface area contributed by atoms with E-state index < -0.39 is 17.5 Å². The molecule has 10 nitrogen and oxygen atoms in total. The SMILES string of the molecule is O=C(OC1CC1)N(Cc1ccc2[nH]c(-c3ccccc3-c3nnn[nH]3)c(Br)c2c1)CC1(C(=O)O)CCCC1. The standard InChI is InChI=1S/C27H27BrN6O4/c28-22-20-13-16(14-34(26(37)38-17-8-9-17)15-27(25(35)36)11-3-4-12-27)7-10-21(20)29-23(22)18-5-1-2-6-19(18)24-30-32-33-31-24/h1-2,5-7,10,13,17,29H,3-4,8-9,11-12,14-15H2,(H,35,36)(H,30,31,32,33). The van der Waals surface area contributed by atoms with Crippen LogP contribution in [0.5, 0.6) is 0 Å². The number of benzene rings is 2. The molecule has 0 saturated heterocycles. The van der Waals surface area contributed by atoms with E-state index in [4.69, 9.17) is 4.74 Å². The Bertz CT molecular complexity index is 1490. The summed E-state index contributed by atoms with van der Waals surface area (Å²) in [6, 6.07) is 13.8. The van der Waals surface area contributed by atoms with E-state index in [0.717, 1.165) is 63.4 Å². The number of carbonyl (C=O) groups excluding carboxylic acids is 1. The molecule has 2 aliphatic carbocycles. The second-order valence-corrected chi connectivity index (χ2v) is 11.0. The minimum absolute atomic E-state index is 0.0576. The smallest absolute Gasteiger partial charge is 0.410 e. The normalized spacial score (nSPS) is 16.6. The van der Waals surface area contributed by atoms with Gasteiger partial charge in [-0.15, -0.1) is 5.10 Å². The van der Waals surface area contributed by atoms with Crippen LogP contribution in [0.15, 0.2) is 46.9 Å². The molecular weight excluding hydrogens is 552 g/mol. The number of rotatable bonds is 8. The number of amides is 1. The lowest BCUT2D eigenvalue weighted by Gasteiger charge is -2.31. The van der Waals surface area contributed by atoms with Gasteiger partial charge in [0, 0.05) is 35.1 Å². The number of halogens is 1. The molecule has 1 amide bonds. The second kappa shape index (κ2) is 9.86. The molecule has 0 atom stereocenters. The van der Waals surface area contributed by atoms with Crippen molar-refractivity contribution in [3.05, 3.63) is 52.5 Å². The van der Waals surface area contributed by atoms with E-state index in [0.29, 0.717) is 18.7 Å². The Morgan fingerprint density at radius 2 is 1.89 bits per heavy atom. The summed E-state index contributed by atoms with van der Waals surface area (Å²) in [5, 5.41) is 25.3. The van der Waals surface area contributed by atoms with E-state index in [1.54, 1.807) is 4.90 Å². The quantitative estimate of drug-likeness (QED) is 0.250. The van der Waals surface area contributed by atoms with Crippen LogP contribution < -0.4 is 0 Å². The highest BCUT2D eigenvalue weighted by molar-refractivity contribution is 9.10. The number of carboxylic acid groups (broad SMARTS) is 1. The Hall–Kier alpha value is -3.73. The fourth-order valence-electron chi connectivity index (χ4n) is 5.34. The Kier molecular flexibility index (Phi) is 6.38. The molecule has 2 aromatic carbocycles. The van der Waals surface area contributed by atoms with Gasteiger partial charge in [-0.3, -0.25) is 4.79 Å². The summed E-state index contributed by atoms with van der Waals surface area (Å²) in [6.45, 7) is 0.411. The van der Waals surface area contributed by atoms with Gasteiger partial charge in [0.25, 0.3) is 0 Å². The van der Waals surface area contributed by atoms with E-state index in [2.05, 4.69) is 41.5 Å². The van der Waals surface area contributed by atoms with E-state index in [1.807, 2.05) is 42.5 Å². The van der Waals surface area contributed by atoms with Gasteiger partial charge >= 0.3 is 12.1 Å². The topological polar surface area (TPSA) is 137 Å². The fraction of sp³-hybridized carbons (Fsp3) is 0.370. The summed E-state index contributed by atoms with van der Waals surface area (Å²) in [6.07, 6.45) is 4.08. The van der Waals surface area contributed by atoms with Crippen molar-refractivity contribution in [2.75, 3.05) is 6.54 Å². The molecule has 0 bridgehead atoms. The van der Waals surface area contributed by atoms with Crippen LogP contribution >= 0.6 is 15.9 Å². The number of tetrazole rings is 1. The molecule has 4 aromatic rings. The summed E-state index contributed by atoms with van der Waals surface area (Å²) in [4.78, 5) is 30.4. The summed E-state index contributed by atoms with van der Waals surface area (Å²) in [5.74, 6) is -0.274. The maximum atomic E-state index is 13.1. The molecule has 0 aliphatic heterocycles. The molecule has 3 N–H and O–H groups in total. The molecule has 38 heavy (non-hydrogen) atoms. The first-order chi connectivity index (χ1) is 18.4. The Morgan fingerprint density at radius 3 is 2.58 bits per heavy atom. The molecule has 2 saturated carbocycles. The molecule has 0 spiro atoms. The van der Waals surface area contributed by atoms with Gasteiger partial charge in [-0.2, -0.15) is 0 Å². The number of nitrogens with one attached hydrogen (secondary N) is 2. The molecule has 2 heterocycles. The van der Waals surface area contributed by atoms with Crippen LogP contribution in [-0.4, -0.2) is 60.3 Å². The monoisotopic (exact) mass is 578 g/mol. The van der Waals surface area contributed by atoms with Crippen LogP contribution in [0.2, 0.25) is 0 Å². The second-order valence-electron chi connectivity index (χ2n) is 10.2. The number of hydrogen-bond acceptors (Lipinski definition) is 6. The van der Waals surface area contributed by atoms with Gasteiger partial charge in [0.1, 0.15) is 6.10 Å². The largest absolute Gasteiger partial charge is 0.481 e. The van der Waals surface area contributed by atoms with Crippen LogP contribution in [0.1, 0.15) is 44.1 Å². The molecule has 2 aromatic heterocycles. The summed E-state index contributed by atoms with van der Waals surface area (Å²) in [7, 11) is 0. The number of aromatic amines is 2. The van der Waals surface area contributed by atoms with Crippen molar-refractivity contribution in [3.63, 3.8) is 0 Å². The third-order valence-corrected chi connectivity index (χ3v) is 8.35. The first kappa shape index (κ1) is 24.6. The minimum Gasteiger partial charge on any atom is -0.481 e. The average Bonchev–Trinajstić information content (AvgIpc) is 3.28. The first-order valence-electron chi connectivity index (χ1n) is 12.8. The lowest BCUT2D eigenvalue weighted by atomic mass is 9.85. The third kappa shape index (κ3) is 4.66. The van der Waals surface area contributed by atoms with Gasteiger partial charge in [0.2, 0.25) is 0 Å². The van der Waals surface area contributed by atoms with Crippen molar-refractivity contribution >= 4 is 38.9 Å². The van der Waals surface area contributed by atoms with Crippen molar-refractivity contribution in [2.45, 2.75) is 51.2 Å². The molecule has 11 heteroatoms. The number of carboxylic acids is 1. The predicted molar refractivity (Wildman–Crippen MR) is 143 cm³/mol. The Balaban J connectivity index is 1.33. The number of nitrogens with zero attached hydrogens (tertiary/aromatic N) is 4. The zero-order chi connectivity index (χ0) is 26.3. The molecular formula is C27H27BrN6O4. The van der Waals surface area contributed by atoms with Crippen molar-refractivity contribution in [1.82, 2.24) is 30.5 Å². The highest BCUT2D eigenvalue weighted by Gasteiger charge is 2.44.